The molecule has 15 heavy (non-hydrogen) atoms. The lowest BCUT2D eigenvalue weighted by Gasteiger charge is -1.98. The van der Waals surface area contributed by atoms with Crippen LogP contribution in [0.1, 0.15) is 5.56 Å². The highest BCUT2D eigenvalue weighted by atomic mass is 32.2. The molecule has 0 aromatic heterocycles. The summed E-state index contributed by atoms with van der Waals surface area (Å²) in [5, 5.41) is 10.3. The molecule has 1 aromatic carbocycles. The smallest absolute Gasteiger partial charge is 0.283 e. The van der Waals surface area contributed by atoms with Crippen LogP contribution in [0.2, 0.25) is 0 Å². The molecular weight excluding hydrogens is 217 g/mol. The molecule has 0 unspecified atom stereocenters. The number of benzene rings is 1. The van der Waals surface area contributed by atoms with Crippen molar-refractivity contribution in [3.8, 4) is 0 Å². The van der Waals surface area contributed by atoms with Crippen molar-refractivity contribution in [2.45, 2.75) is 0 Å². The number of rotatable bonds is 1. The Kier molecular flexibility index (Phi) is 2.55. The fraction of sp³-hybridized carbons (Fsp3) is 0. The van der Waals surface area contributed by atoms with Crippen LogP contribution in [0.4, 0.5) is 4.39 Å². The molecule has 1 aliphatic rings. The number of carbonyl (C=O) groups excluding carboxylic acids is 1. The molecule has 0 spiro atoms. The van der Waals surface area contributed by atoms with Crippen LogP contribution in [0, 0.1) is 5.82 Å². The molecule has 0 saturated heterocycles. The lowest BCUT2D eigenvalue weighted by Crippen LogP contribution is -2.08. The van der Waals surface area contributed by atoms with E-state index < -0.39 is 11.1 Å². The first kappa shape index (κ1) is 9.92. The van der Waals surface area contributed by atoms with Gasteiger partial charge in [-0.1, -0.05) is 23.9 Å². The summed E-state index contributed by atoms with van der Waals surface area (Å²) in [5.41, 5.74) is 0.664. The molecule has 0 bridgehead atoms. The van der Waals surface area contributed by atoms with Crippen molar-refractivity contribution in [3.63, 3.8) is 0 Å². The van der Waals surface area contributed by atoms with Gasteiger partial charge in [0, 0.05) is 5.23 Å². The molecule has 1 aromatic rings. The van der Waals surface area contributed by atoms with Crippen molar-refractivity contribution in [1.82, 2.24) is 0 Å². The number of amides is 1. The minimum absolute atomic E-state index is 0.270. The van der Waals surface area contributed by atoms with Crippen LogP contribution < -0.4 is 5.11 Å². The molecule has 2 rings (SSSR count). The first-order chi connectivity index (χ1) is 7.15. The number of hydrogen-bond donors (Lipinski definition) is 0. The van der Waals surface area contributed by atoms with Crippen molar-refractivity contribution in [1.29, 1.82) is 0 Å². The molecule has 1 amide bonds. The molecular formula is C10H5FNO2S-. The molecule has 0 saturated carbocycles. The highest BCUT2D eigenvalue weighted by molar-refractivity contribution is 8.18. The number of halogens is 1. The zero-order chi connectivity index (χ0) is 10.8. The maximum Gasteiger partial charge on any atom is 0.283 e. The molecule has 1 heterocycles. The predicted molar refractivity (Wildman–Crippen MR) is 54.4 cm³/mol. The highest BCUT2D eigenvalue weighted by Crippen LogP contribution is 2.26. The van der Waals surface area contributed by atoms with Gasteiger partial charge in [0.15, 0.2) is 0 Å². The summed E-state index contributed by atoms with van der Waals surface area (Å²) < 4.78 is 12.6. The first-order valence-corrected chi connectivity index (χ1v) is 4.92. The third-order valence-electron chi connectivity index (χ3n) is 1.77. The first-order valence-electron chi connectivity index (χ1n) is 4.10. The SMILES string of the molecule is O=C1N=C([O-])S/C1=C\c1ccc(F)cc1. The van der Waals surface area contributed by atoms with E-state index in [1.807, 2.05) is 0 Å². The monoisotopic (exact) mass is 222 g/mol. The van der Waals surface area contributed by atoms with Gasteiger partial charge in [0.1, 0.15) is 5.82 Å². The second kappa shape index (κ2) is 3.86. The van der Waals surface area contributed by atoms with Crippen LogP contribution in [0.3, 0.4) is 0 Å². The number of nitrogens with zero attached hydrogens (tertiary/aromatic N) is 1. The molecule has 0 radical (unpaired) electrons. The van der Waals surface area contributed by atoms with E-state index in [1.165, 1.54) is 30.3 Å². The number of aliphatic imine (C=N–C) groups is 1. The fourth-order valence-electron chi connectivity index (χ4n) is 1.10. The fourth-order valence-corrected chi connectivity index (χ4v) is 1.74. The summed E-state index contributed by atoms with van der Waals surface area (Å²) in [5.74, 6) is -0.877. The lowest BCUT2D eigenvalue weighted by molar-refractivity contribution is -0.205. The van der Waals surface area contributed by atoms with Gasteiger partial charge in [-0.3, -0.25) is 4.79 Å². The maximum atomic E-state index is 12.6. The van der Waals surface area contributed by atoms with Crippen molar-refractivity contribution < 1.29 is 14.3 Å². The normalized spacial score (nSPS) is 18.3. The second-order valence-electron chi connectivity index (χ2n) is 2.85. The van der Waals surface area contributed by atoms with Crippen molar-refractivity contribution in [3.05, 3.63) is 40.6 Å². The Hall–Kier alpha value is -1.62. The molecule has 0 fully saturated rings. The summed E-state index contributed by atoms with van der Waals surface area (Å²) in [6.07, 6.45) is 1.51. The molecule has 3 nitrogen and oxygen atoms in total. The van der Waals surface area contributed by atoms with Crippen LogP contribution >= 0.6 is 11.8 Å². The summed E-state index contributed by atoms with van der Waals surface area (Å²) in [6, 6.07) is 5.63. The Balaban J connectivity index is 2.25. The van der Waals surface area contributed by atoms with E-state index in [0.29, 0.717) is 5.56 Å². The molecule has 1 aliphatic heterocycles. The molecule has 76 valence electrons. The molecule has 0 atom stereocenters. The third-order valence-corrected chi connectivity index (χ3v) is 2.55. The average molecular weight is 222 g/mol. The average Bonchev–Trinajstić information content (AvgIpc) is 2.49. The summed E-state index contributed by atoms with van der Waals surface area (Å²) in [6.45, 7) is 0. The van der Waals surface area contributed by atoms with E-state index in [0.717, 1.165) is 11.8 Å². The van der Waals surface area contributed by atoms with E-state index in [9.17, 15) is 14.3 Å². The van der Waals surface area contributed by atoms with Crippen LogP contribution in [0.5, 0.6) is 0 Å². The zero-order valence-electron chi connectivity index (χ0n) is 7.44. The number of thioether (sulfide) groups is 1. The summed E-state index contributed by atoms with van der Waals surface area (Å²) in [4.78, 5) is 14.6. The van der Waals surface area contributed by atoms with E-state index in [2.05, 4.69) is 4.99 Å². The van der Waals surface area contributed by atoms with Crippen molar-refractivity contribution in [2.24, 2.45) is 4.99 Å². The van der Waals surface area contributed by atoms with Gasteiger partial charge >= 0.3 is 0 Å². The molecule has 0 aliphatic carbocycles. The zero-order valence-corrected chi connectivity index (χ0v) is 8.25. The Morgan fingerprint density at radius 3 is 2.53 bits per heavy atom. The Bertz CT molecular complexity index is 465. The third kappa shape index (κ3) is 2.24. The van der Waals surface area contributed by atoms with E-state index >= 15 is 0 Å². The minimum Gasteiger partial charge on any atom is -0.853 e. The summed E-state index contributed by atoms with van der Waals surface area (Å²) >= 11 is 0.785. The van der Waals surface area contributed by atoms with Gasteiger partial charge in [0.25, 0.3) is 5.91 Å². The van der Waals surface area contributed by atoms with Gasteiger partial charge in [0.2, 0.25) is 0 Å². The Morgan fingerprint density at radius 1 is 1.33 bits per heavy atom. The van der Waals surface area contributed by atoms with E-state index in [-0.39, 0.29) is 10.7 Å². The Labute approximate surface area is 89.3 Å². The second-order valence-corrected chi connectivity index (χ2v) is 3.84. The van der Waals surface area contributed by atoms with Crippen LogP contribution in [0.15, 0.2) is 34.2 Å². The molecule has 0 N–H and O–H groups in total. The van der Waals surface area contributed by atoms with Crippen LogP contribution in [-0.2, 0) is 4.79 Å². The van der Waals surface area contributed by atoms with Crippen LogP contribution in [-0.4, -0.2) is 11.1 Å². The lowest BCUT2D eigenvalue weighted by atomic mass is 10.2. The van der Waals surface area contributed by atoms with Crippen LogP contribution in [0.25, 0.3) is 6.08 Å². The maximum absolute atomic E-state index is 12.6. The standard InChI is InChI=1S/C10H6FNO2S/c11-7-3-1-6(2-4-7)5-8-9(13)12-10(14)15-8/h1-5H,(H,12,13,14)/p-1/b8-5-. The van der Waals surface area contributed by atoms with Gasteiger partial charge in [-0.05, 0) is 23.8 Å². The van der Waals surface area contributed by atoms with Gasteiger partial charge < -0.3 is 5.11 Å². The van der Waals surface area contributed by atoms with Gasteiger partial charge in [-0.25, -0.2) is 9.38 Å². The Morgan fingerprint density at radius 2 is 2.00 bits per heavy atom. The quantitative estimate of drug-likeness (QED) is 0.670. The predicted octanol–water partition coefficient (Wildman–Crippen LogP) is 1.16. The van der Waals surface area contributed by atoms with E-state index in [1.54, 1.807) is 0 Å². The number of hydrogen-bond acceptors (Lipinski definition) is 3. The van der Waals surface area contributed by atoms with Gasteiger partial charge in [0.05, 0.1) is 4.91 Å². The topological polar surface area (TPSA) is 52.5 Å². The summed E-state index contributed by atoms with van der Waals surface area (Å²) in [7, 11) is 0. The van der Waals surface area contributed by atoms with Gasteiger partial charge in [-0.15, -0.1) is 0 Å². The highest BCUT2D eigenvalue weighted by Gasteiger charge is 2.15. The van der Waals surface area contributed by atoms with Gasteiger partial charge in [-0.2, -0.15) is 0 Å². The minimum atomic E-state index is -0.533. The molecule has 5 heteroatoms. The van der Waals surface area contributed by atoms with E-state index in [4.69, 9.17) is 0 Å². The largest absolute Gasteiger partial charge is 0.853 e. The van der Waals surface area contributed by atoms with Crippen molar-refractivity contribution in [2.75, 3.05) is 0 Å². The number of carbonyl (C=O) groups is 1. The van der Waals surface area contributed by atoms with Crippen molar-refractivity contribution >= 4 is 29.0 Å².